The molecule has 23 heavy (non-hydrogen) atoms. The van der Waals surface area contributed by atoms with E-state index in [0.29, 0.717) is 12.5 Å². The normalized spacial score (nSPS) is 17.5. The van der Waals surface area contributed by atoms with Gasteiger partial charge in [0.2, 0.25) is 0 Å². The Hall–Kier alpha value is -1.76. The maximum absolute atomic E-state index is 12.3. The van der Waals surface area contributed by atoms with Crippen LogP contribution in [0, 0.1) is 0 Å². The largest absolute Gasteiger partial charge is 0.448 e. The Bertz CT molecular complexity index is 535. The highest BCUT2D eigenvalue weighted by Crippen LogP contribution is 2.39. The molecule has 1 atom stereocenters. The molecule has 1 heterocycles. The molecule has 130 valence electrons. The maximum Gasteiger partial charge on any atom is 0.410 e. The van der Waals surface area contributed by atoms with Gasteiger partial charge in [-0.3, -0.25) is 0 Å². The van der Waals surface area contributed by atoms with Crippen molar-refractivity contribution in [3.05, 3.63) is 11.3 Å². The Balaban J connectivity index is 2.16. The van der Waals surface area contributed by atoms with Crippen LogP contribution < -0.4 is 4.74 Å². The van der Waals surface area contributed by atoms with Gasteiger partial charge >= 0.3 is 6.09 Å². The molecule has 7 heteroatoms. The highest BCUT2D eigenvalue weighted by Gasteiger charge is 2.35. The number of aromatic nitrogens is 1. The van der Waals surface area contributed by atoms with Crippen molar-refractivity contribution in [3.8, 4) is 5.88 Å². The number of hydrogen-bond acceptors (Lipinski definition) is 6. The van der Waals surface area contributed by atoms with E-state index in [9.17, 15) is 4.79 Å². The van der Waals surface area contributed by atoms with E-state index in [1.807, 2.05) is 27.7 Å². The first-order chi connectivity index (χ1) is 10.8. The van der Waals surface area contributed by atoms with E-state index >= 15 is 0 Å². The minimum atomic E-state index is -0.536. The Labute approximate surface area is 136 Å². The van der Waals surface area contributed by atoms with Gasteiger partial charge in [-0.25, -0.2) is 4.79 Å². The summed E-state index contributed by atoms with van der Waals surface area (Å²) in [5.41, 5.74) is 0.288. The number of hydrogen-bond donors (Lipinski definition) is 0. The Morgan fingerprint density at radius 3 is 2.83 bits per heavy atom. The molecular formula is C16H26N2O5. The minimum Gasteiger partial charge on any atom is -0.448 e. The zero-order chi connectivity index (χ0) is 17.0. The van der Waals surface area contributed by atoms with Crippen LogP contribution in [0.15, 0.2) is 4.52 Å². The molecule has 0 spiro atoms. The third-order valence-electron chi connectivity index (χ3n) is 3.62. The molecule has 1 aliphatic rings. The third kappa shape index (κ3) is 4.37. The summed E-state index contributed by atoms with van der Waals surface area (Å²) in [4.78, 5) is 13.9. The molecule has 1 aliphatic carbocycles. The van der Waals surface area contributed by atoms with Crippen molar-refractivity contribution in [2.75, 3.05) is 20.4 Å². The molecule has 1 aromatic rings. The highest BCUT2D eigenvalue weighted by atomic mass is 16.7. The van der Waals surface area contributed by atoms with E-state index in [1.54, 1.807) is 11.9 Å². The van der Waals surface area contributed by atoms with Crippen molar-refractivity contribution in [3.63, 3.8) is 0 Å². The molecule has 1 unspecified atom stereocenters. The van der Waals surface area contributed by atoms with Crippen LogP contribution >= 0.6 is 0 Å². The van der Waals surface area contributed by atoms with E-state index in [0.717, 1.165) is 30.6 Å². The topological polar surface area (TPSA) is 74.0 Å². The molecule has 1 aromatic heterocycles. The van der Waals surface area contributed by atoms with E-state index in [1.165, 1.54) is 0 Å². The number of ether oxygens (including phenoxy) is 3. The number of amides is 1. The summed E-state index contributed by atoms with van der Waals surface area (Å²) in [6, 6.07) is -0.170. The van der Waals surface area contributed by atoms with Gasteiger partial charge in [0.15, 0.2) is 6.79 Å². The summed E-state index contributed by atoms with van der Waals surface area (Å²) in [6.07, 6.45) is 2.16. The highest BCUT2D eigenvalue weighted by molar-refractivity contribution is 5.68. The fraction of sp³-hybridized carbons (Fsp3) is 0.750. The van der Waals surface area contributed by atoms with Crippen LogP contribution in [0.1, 0.15) is 57.9 Å². The summed E-state index contributed by atoms with van der Waals surface area (Å²) in [7, 11) is 1.73. The molecule has 0 aromatic carbocycles. The number of nitrogens with zero attached hydrogens (tertiary/aromatic N) is 2. The second-order valence-corrected chi connectivity index (χ2v) is 6.58. The number of rotatable bonds is 5. The van der Waals surface area contributed by atoms with Crippen molar-refractivity contribution in [1.82, 2.24) is 10.1 Å². The molecule has 0 saturated heterocycles. The quantitative estimate of drug-likeness (QED) is 0.610. The van der Waals surface area contributed by atoms with Crippen LogP contribution in [0.3, 0.4) is 0 Å². The van der Waals surface area contributed by atoms with Gasteiger partial charge in [0.1, 0.15) is 11.4 Å². The van der Waals surface area contributed by atoms with E-state index in [4.69, 9.17) is 18.7 Å². The SMILES string of the molecule is CCOCOc1noc2c1C(N(C)C(=O)OC(C)(C)C)CCC2. The van der Waals surface area contributed by atoms with Crippen LogP contribution in [0.4, 0.5) is 4.79 Å². The Kier molecular flexibility index (Phi) is 5.51. The van der Waals surface area contributed by atoms with Crippen molar-refractivity contribution >= 4 is 6.09 Å². The van der Waals surface area contributed by atoms with Crippen LogP contribution in [0.5, 0.6) is 5.88 Å². The fourth-order valence-corrected chi connectivity index (χ4v) is 2.56. The lowest BCUT2D eigenvalue weighted by molar-refractivity contribution is 0.0134. The van der Waals surface area contributed by atoms with Crippen molar-refractivity contribution in [2.24, 2.45) is 0 Å². The zero-order valence-corrected chi connectivity index (χ0v) is 14.5. The molecule has 0 radical (unpaired) electrons. The average molecular weight is 326 g/mol. The summed E-state index contributed by atoms with van der Waals surface area (Å²) >= 11 is 0. The third-order valence-corrected chi connectivity index (χ3v) is 3.62. The smallest absolute Gasteiger partial charge is 0.410 e. The zero-order valence-electron chi connectivity index (χ0n) is 14.5. The van der Waals surface area contributed by atoms with Gasteiger partial charge in [-0.2, -0.15) is 0 Å². The summed E-state index contributed by atoms with van der Waals surface area (Å²) in [5, 5.41) is 3.98. The number of fused-ring (bicyclic) bond motifs is 1. The van der Waals surface area contributed by atoms with Gasteiger partial charge in [-0.1, -0.05) is 0 Å². The van der Waals surface area contributed by atoms with Gasteiger partial charge < -0.3 is 23.6 Å². The molecular weight excluding hydrogens is 300 g/mol. The van der Waals surface area contributed by atoms with Gasteiger partial charge in [0.05, 0.1) is 11.6 Å². The second kappa shape index (κ2) is 7.21. The molecule has 0 saturated carbocycles. The molecule has 0 N–H and O–H groups in total. The van der Waals surface area contributed by atoms with E-state index < -0.39 is 5.60 Å². The molecule has 7 nitrogen and oxygen atoms in total. The summed E-state index contributed by atoms with van der Waals surface area (Å²) < 4.78 is 21.6. The maximum atomic E-state index is 12.3. The lowest BCUT2D eigenvalue weighted by Gasteiger charge is -2.32. The molecule has 0 fully saturated rings. The lowest BCUT2D eigenvalue weighted by Crippen LogP contribution is -2.37. The summed E-state index contributed by atoms with van der Waals surface area (Å²) in [5.74, 6) is 1.16. The number of carbonyl (C=O) groups excluding carboxylic acids is 1. The second-order valence-electron chi connectivity index (χ2n) is 6.58. The number of carbonyl (C=O) groups is 1. The fourth-order valence-electron chi connectivity index (χ4n) is 2.56. The predicted molar refractivity (Wildman–Crippen MR) is 83.3 cm³/mol. The van der Waals surface area contributed by atoms with Crippen molar-refractivity contribution in [1.29, 1.82) is 0 Å². The van der Waals surface area contributed by atoms with Gasteiger partial charge in [0, 0.05) is 20.1 Å². The lowest BCUT2D eigenvalue weighted by atomic mass is 9.92. The van der Waals surface area contributed by atoms with Gasteiger partial charge in [0.25, 0.3) is 5.88 Å². The van der Waals surface area contributed by atoms with Gasteiger partial charge in [-0.05, 0) is 45.7 Å². The van der Waals surface area contributed by atoms with E-state index in [-0.39, 0.29) is 18.9 Å². The molecule has 1 amide bonds. The average Bonchev–Trinajstić information content (AvgIpc) is 2.88. The molecule has 0 aliphatic heterocycles. The van der Waals surface area contributed by atoms with Crippen LogP contribution in [0.25, 0.3) is 0 Å². The Morgan fingerprint density at radius 2 is 2.17 bits per heavy atom. The van der Waals surface area contributed by atoms with Gasteiger partial charge in [-0.15, -0.1) is 0 Å². The van der Waals surface area contributed by atoms with Crippen molar-refractivity contribution in [2.45, 2.75) is 58.6 Å². The monoisotopic (exact) mass is 326 g/mol. The molecule has 2 rings (SSSR count). The minimum absolute atomic E-state index is 0.109. The van der Waals surface area contributed by atoms with Crippen LogP contribution in [-0.4, -0.2) is 42.2 Å². The van der Waals surface area contributed by atoms with Crippen LogP contribution in [0.2, 0.25) is 0 Å². The Morgan fingerprint density at radius 1 is 1.43 bits per heavy atom. The standard InChI is InChI=1S/C16H26N2O5/c1-6-20-10-21-14-13-11(8-7-9-12(13)23-17-14)18(5)15(19)22-16(2,3)4/h11H,6-10H2,1-5H3. The first-order valence-electron chi connectivity index (χ1n) is 7.98. The first-order valence-corrected chi connectivity index (χ1v) is 7.98. The predicted octanol–water partition coefficient (Wildman–Crippen LogP) is 3.29. The van der Waals surface area contributed by atoms with E-state index in [2.05, 4.69) is 5.16 Å². The van der Waals surface area contributed by atoms with Crippen LogP contribution in [-0.2, 0) is 15.9 Å². The number of aryl methyl sites for hydroxylation is 1. The van der Waals surface area contributed by atoms with Crippen molar-refractivity contribution < 1.29 is 23.5 Å². The first kappa shape index (κ1) is 17.6. The molecule has 0 bridgehead atoms. The summed E-state index contributed by atoms with van der Waals surface area (Å²) in [6.45, 7) is 8.10.